The van der Waals surface area contributed by atoms with Crippen LogP contribution >= 0.6 is 0 Å². The number of likely N-dealkylation sites (N-methyl/N-ethyl adjacent to an activating group) is 1. The summed E-state index contributed by atoms with van der Waals surface area (Å²) in [6.07, 6.45) is 0.719. The zero-order valence-corrected chi connectivity index (χ0v) is 11.3. The quantitative estimate of drug-likeness (QED) is 0.822. The number of rotatable bonds is 6. The Kier molecular flexibility index (Phi) is 5.85. The molecule has 1 atom stereocenters. The largest absolute Gasteiger partial charge is 0.480 e. The molecule has 5 heteroatoms. The molecule has 2 amide bonds. The molecular formula is C14H20N2O3. The lowest BCUT2D eigenvalue weighted by Gasteiger charge is -2.22. The molecule has 0 spiro atoms. The molecule has 1 unspecified atom stereocenters. The lowest BCUT2D eigenvalue weighted by molar-refractivity contribution is -0.137. The maximum absolute atomic E-state index is 11.9. The van der Waals surface area contributed by atoms with Gasteiger partial charge < -0.3 is 15.3 Å². The van der Waals surface area contributed by atoms with Crippen LogP contribution in [0.15, 0.2) is 30.3 Å². The van der Waals surface area contributed by atoms with Gasteiger partial charge in [-0.25, -0.2) is 4.79 Å². The highest BCUT2D eigenvalue weighted by Crippen LogP contribution is 2.03. The Bertz CT molecular complexity index is 420. The Labute approximate surface area is 113 Å². The number of benzene rings is 1. The Morgan fingerprint density at radius 2 is 1.95 bits per heavy atom. The fourth-order valence-electron chi connectivity index (χ4n) is 1.81. The van der Waals surface area contributed by atoms with Gasteiger partial charge in [-0.3, -0.25) is 4.79 Å². The Morgan fingerprint density at radius 1 is 1.32 bits per heavy atom. The summed E-state index contributed by atoms with van der Waals surface area (Å²) < 4.78 is 0. The van der Waals surface area contributed by atoms with E-state index in [2.05, 4.69) is 5.32 Å². The number of hydrogen-bond acceptors (Lipinski definition) is 2. The molecule has 0 fully saturated rings. The number of aliphatic carboxylic acids is 1. The standard InChI is InChI=1S/C14H20N2O3/c1-3-16(10-13(17)18)14(19)15-11(2)9-12-7-5-4-6-8-12/h4-8,11H,3,9-10H2,1-2H3,(H,15,19)(H,17,18). The molecule has 19 heavy (non-hydrogen) atoms. The predicted octanol–water partition coefficient (Wildman–Crippen LogP) is 1.73. The average molecular weight is 264 g/mol. The Balaban J connectivity index is 2.49. The molecule has 0 heterocycles. The number of carbonyl (C=O) groups is 2. The number of carboxylic acid groups (broad SMARTS) is 1. The minimum Gasteiger partial charge on any atom is -0.480 e. The highest BCUT2D eigenvalue weighted by molar-refractivity contribution is 5.80. The van der Waals surface area contributed by atoms with Gasteiger partial charge in [0.1, 0.15) is 6.54 Å². The first kappa shape index (κ1) is 15.0. The van der Waals surface area contributed by atoms with E-state index in [1.165, 1.54) is 4.90 Å². The molecule has 0 aliphatic rings. The summed E-state index contributed by atoms with van der Waals surface area (Å²) in [7, 11) is 0. The smallest absolute Gasteiger partial charge is 0.323 e. The maximum atomic E-state index is 11.9. The van der Waals surface area contributed by atoms with Crippen LogP contribution in [0.5, 0.6) is 0 Å². The van der Waals surface area contributed by atoms with Crippen molar-refractivity contribution in [2.24, 2.45) is 0 Å². The normalized spacial score (nSPS) is 11.7. The van der Waals surface area contributed by atoms with Gasteiger partial charge in [-0.05, 0) is 25.8 Å². The van der Waals surface area contributed by atoms with E-state index in [0.29, 0.717) is 6.54 Å². The summed E-state index contributed by atoms with van der Waals surface area (Å²) in [6.45, 7) is 3.75. The molecule has 2 N–H and O–H groups in total. The minimum atomic E-state index is -1.01. The van der Waals surface area contributed by atoms with Gasteiger partial charge in [-0.2, -0.15) is 0 Å². The van der Waals surface area contributed by atoms with E-state index in [1.54, 1.807) is 6.92 Å². The Morgan fingerprint density at radius 3 is 2.47 bits per heavy atom. The summed E-state index contributed by atoms with van der Waals surface area (Å²) in [5.74, 6) is -1.01. The number of carbonyl (C=O) groups excluding carboxylic acids is 1. The van der Waals surface area contributed by atoms with Crippen LogP contribution in [0.3, 0.4) is 0 Å². The maximum Gasteiger partial charge on any atom is 0.323 e. The van der Waals surface area contributed by atoms with Gasteiger partial charge in [-0.15, -0.1) is 0 Å². The van der Waals surface area contributed by atoms with Crippen LogP contribution in [0, 0.1) is 0 Å². The van der Waals surface area contributed by atoms with Gasteiger partial charge in [0.2, 0.25) is 0 Å². The molecule has 104 valence electrons. The number of carboxylic acids is 1. The first-order valence-corrected chi connectivity index (χ1v) is 6.34. The van der Waals surface area contributed by atoms with Gasteiger partial charge in [0.15, 0.2) is 0 Å². The van der Waals surface area contributed by atoms with Crippen molar-refractivity contribution in [2.75, 3.05) is 13.1 Å². The topological polar surface area (TPSA) is 69.6 Å². The highest BCUT2D eigenvalue weighted by Gasteiger charge is 2.16. The van der Waals surface area contributed by atoms with Crippen molar-refractivity contribution in [1.82, 2.24) is 10.2 Å². The molecule has 0 saturated carbocycles. The van der Waals surface area contributed by atoms with E-state index in [9.17, 15) is 9.59 Å². The molecule has 0 aromatic heterocycles. The summed E-state index contributed by atoms with van der Waals surface area (Å²) in [5, 5.41) is 11.5. The summed E-state index contributed by atoms with van der Waals surface area (Å²) in [6, 6.07) is 9.46. The number of hydrogen-bond donors (Lipinski definition) is 2. The molecule has 5 nitrogen and oxygen atoms in total. The van der Waals surface area contributed by atoms with Gasteiger partial charge in [0.05, 0.1) is 0 Å². The minimum absolute atomic E-state index is 0.0438. The number of nitrogens with zero attached hydrogens (tertiary/aromatic N) is 1. The molecule has 1 aromatic carbocycles. The highest BCUT2D eigenvalue weighted by atomic mass is 16.4. The van der Waals surface area contributed by atoms with E-state index in [1.807, 2.05) is 37.3 Å². The van der Waals surface area contributed by atoms with Crippen LogP contribution in [0.4, 0.5) is 4.79 Å². The molecule has 1 rings (SSSR count). The zero-order chi connectivity index (χ0) is 14.3. The third-order valence-corrected chi connectivity index (χ3v) is 2.75. The number of urea groups is 1. The van der Waals surface area contributed by atoms with Crippen molar-refractivity contribution < 1.29 is 14.7 Å². The second-order valence-corrected chi connectivity index (χ2v) is 4.45. The van der Waals surface area contributed by atoms with Crippen molar-refractivity contribution in [3.63, 3.8) is 0 Å². The fourth-order valence-corrected chi connectivity index (χ4v) is 1.81. The van der Waals surface area contributed by atoms with Crippen LogP contribution in [0.1, 0.15) is 19.4 Å². The third-order valence-electron chi connectivity index (χ3n) is 2.75. The number of nitrogens with one attached hydrogen (secondary N) is 1. The van der Waals surface area contributed by atoms with Crippen LogP contribution in [0.25, 0.3) is 0 Å². The third kappa shape index (κ3) is 5.42. The van der Waals surface area contributed by atoms with E-state index in [-0.39, 0.29) is 18.6 Å². The molecule has 0 saturated heterocycles. The average Bonchev–Trinajstić information content (AvgIpc) is 2.36. The molecule has 0 radical (unpaired) electrons. The summed E-state index contributed by atoms with van der Waals surface area (Å²) >= 11 is 0. The Hall–Kier alpha value is -2.04. The molecule has 1 aromatic rings. The second kappa shape index (κ2) is 7.41. The molecular weight excluding hydrogens is 244 g/mol. The summed E-state index contributed by atoms with van der Waals surface area (Å²) in [5.41, 5.74) is 1.14. The zero-order valence-electron chi connectivity index (χ0n) is 11.3. The fraction of sp³-hybridized carbons (Fsp3) is 0.429. The first-order chi connectivity index (χ1) is 9.02. The van der Waals surface area contributed by atoms with Gasteiger partial charge in [0.25, 0.3) is 0 Å². The molecule has 0 aliphatic carbocycles. The number of amides is 2. The van der Waals surface area contributed by atoms with E-state index in [4.69, 9.17) is 5.11 Å². The SMILES string of the molecule is CCN(CC(=O)O)C(=O)NC(C)Cc1ccccc1. The van der Waals surface area contributed by atoms with Crippen LogP contribution in [-0.2, 0) is 11.2 Å². The second-order valence-electron chi connectivity index (χ2n) is 4.45. The van der Waals surface area contributed by atoms with Crippen molar-refractivity contribution in [3.8, 4) is 0 Å². The van der Waals surface area contributed by atoms with Crippen LogP contribution in [-0.4, -0.2) is 41.1 Å². The lowest BCUT2D eigenvalue weighted by Crippen LogP contribution is -2.46. The molecule has 0 aliphatic heterocycles. The van der Waals surface area contributed by atoms with Crippen molar-refractivity contribution >= 4 is 12.0 Å². The van der Waals surface area contributed by atoms with Gasteiger partial charge >= 0.3 is 12.0 Å². The summed E-state index contributed by atoms with van der Waals surface area (Å²) in [4.78, 5) is 23.8. The van der Waals surface area contributed by atoms with Gasteiger partial charge in [0, 0.05) is 12.6 Å². The van der Waals surface area contributed by atoms with E-state index >= 15 is 0 Å². The first-order valence-electron chi connectivity index (χ1n) is 6.34. The van der Waals surface area contributed by atoms with Crippen molar-refractivity contribution in [3.05, 3.63) is 35.9 Å². The lowest BCUT2D eigenvalue weighted by atomic mass is 10.1. The van der Waals surface area contributed by atoms with Crippen molar-refractivity contribution in [2.45, 2.75) is 26.3 Å². The molecule has 0 bridgehead atoms. The van der Waals surface area contributed by atoms with Crippen LogP contribution in [0.2, 0.25) is 0 Å². The predicted molar refractivity (Wildman–Crippen MR) is 73.0 cm³/mol. The monoisotopic (exact) mass is 264 g/mol. The van der Waals surface area contributed by atoms with E-state index < -0.39 is 5.97 Å². The van der Waals surface area contributed by atoms with E-state index in [0.717, 1.165) is 12.0 Å². The van der Waals surface area contributed by atoms with Crippen LogP contribution < -0.4 is 5.32 Å². The van der Waals surface area contributed by atoms with Gasteiger partial charge in [-0.1, -0.05) is 30.3 Å². The van der Waals surface area contributed by atoms with Crippen molar-refractivity contribution in [1.29, 1.82) is 0 Å².